The fourth-order valence-corrected chi connectivity index (χ4v) is 3.15. The van der Waals surface area contributed by atoms with Crippen LogP contribution in [0.15, 0.2) is 0 Å². The molecule has 3 nitrogen and oxygen atoms in total. The molecule has 0 aromatic rings. The number of unbranched alkanes of at least 4 members (excludes halogenated alkanes) is 3. The number of hydrogen-bond acceptors (Lipinski definition) is 2. The van der Waals surface area contributed by atoms with E-state index in [2.05, 4.69) is 31.4 Å². The SMILES string of the molecule is CC(C)CCCCCCNC(=O)CC(C)C1CCCNC1. The van der Waals surface area contributed by atoms with Crippen LogP contribution in [-0.2, 0) is 4.79 Å². The minimum Gasteiger partial charge on any atom is -0.356 e. The molecule has 0 aromatic carbocycles. The quantitative estimate of drug-likeness (QED) is 0.603. The molecule has 124 valence electrons. The molecule has 0 aliphatic carbocycles. The van der Waals surface area contributed by atoms with Crippen molar-refractivity contribution in [2.24, 2.45) is 17.8 Å². The van der Waals surface area contributed by atoms with E-state index in [0.717, 1.165) is 32.0 Å². The Bertz CT molecular complexity index is 272. The lowest BCUT2D eigenvalue weighted by atomic mass is 9.85. The fourth-order valence-electron chi connectivity index (χ4n) is 3.15. The third kappa shape index (κ3) is 9.13. The van der Waals surface area contributed by atoms with E-state index in [9.17, 15) is 4.79 Å². The van der Waals surface area contributed by atoms with Crippen molar-refractivity contribution < 1.29 is 4.79 Å². The summed E-state index contributed by atoms with van der Waals surface area (Å²) in [5, 5.41) is 6.53. The molecule has 1 fully saturated rings. The normalized spacial score (nSPS) is 20.5. The van der Waals surface area contributed by atoms with Crippen LogP contribution in [0.25, 0.3) is 0 Å². The molecule has 0 bridgehead atoms. The summed E-state index contributed by atoms with van der Waals surface area (Å²) in [5.41, 5.74) is 0. The molecule has 1 aliphatic heterocycles. The Morgan fingerprint density at radius 1 is 1.19 bits per heavy atom. The van der Waals surface area contributed by atoms with Gasteiger partial charge in [0.25, 0.3) is 0 Å². The third-order valence-electron chi connectivity index (χ3n) is 4.68. The number of rotatable bonds is 10. The fraction of sp³-hybridized carbons (Fsp3) is 0.944. The van der Waals surface area contributed by atoms with Crippen LogP contribution in [0.5, 0.6) is 0 Å². The number of hydrogen-bond donors (Lipinski definition) is 2. The standard InChI is InChI=1S/C18H36N2O/c1-15(2)9-6-4-5-7-12-20-18(21)13-16(3)17-10-8-11-19-14-17/h15-17,19H,4-14H2,1-3H3,(H,20,21). The Kier molecular flexibility index (Phi) is 9.73. The molecule has 1 aliphatic rings. The molecule has 0 radical (unpaired) electrons. The van der Waals surface area contributed by atoms with Gasteiger partial charge in [-0.25, -0.2) is 0 Å². The second-order valence-corrected chi connectivity index (χ2v) is 7.23. The van der Waals surface area contributed by atoms with E-state index in [1.54, 1.807) is 0 Å². The Morgan fingerprint density at radius 3 is 2.62 bits per heavy atom. The van der Waals surface area contributed by atoms with Gasteiger partial charge in [-0.3, -0.25) is 4.79 Å². The average molecular weight is 296 g/mol. The number of carbonyl (C=O) groups is 1. The van der Waals surface area contributed by atoms with Gasteiger partial charge >= 0.3 is 0 Å². The van der Waals surface area contributed by atoms with Crippen molar-refractivity contribution >= 4 is 5.91 Å². The summed E-state index contributed by atoms with van der Waals surface area (Å²) in [6.07, 6.45) is 9.57. The molecule has 3 heteroatoms. The molecule has 2 unspecified atom stereocenters. The van der Waals surface area contributed by atoms with Crippen molar-refractivity contribution in [1.82, 2.24) is 10.6 Å². The lowest BCUT2D eigenvalue weighted by Gasteiger charge is -2.28. The highest BCUT2D eigenvalue weighted by Crippen LogP contribution is 2.22. The van der Waals surface area contributed by atoms with Gasteiger partial charge in [-0.2, -0.15) is 0 Å². The summed E-state index contributed by atoms with van der Waals surface area (Å²) in [6.45, 7) is 9.88. The van der Waals surface area contributed by atoms with E-state index in [1.165, 1.54) is 38.5 Å². The van der Waals surface area contributed by atoms with Crippen LogP contribution in [0.3, 0.4) is 0 Å². The number of carbonyl (C=O) groups excluding carboxylic acids is 1. The predicted octanol–water partition coefficient (Wildman–Crippen LogP) is 3.73. The van der Waals surface area contributed by atoms with Gasteiger partial charge in [-0.05, 0) is 50.1 Å². The largest absolute Gasteiger partial charge is 0.356 e. The molecule has 1 heterocycles. The van der Waals surface area contributed by atoms with E-state index in [0.29, 0.717) is 18.3 Å². The lowest BCUT2D eigenvalue weighted by Crippen LogP contribution is -2.35. The van der Waals surface area contributed by atoms with Crippen LogP contribution in [-0.4, -0.2) is 25.5 Å². The van der Waals surface area contributed by atoms with Crippen LogP contribution in [0.1, 0.15) is 72.1 Å². The first-order valence-corrected chi connectivity index (χ1v) is 9.07. The van der Waals surface area contributed by atoms with E-state index in [4.69, 9.17) is 0 Å². The maximum absolute atomic E-state index is 11.9. The third-order valence-corrected chi connectivity index (χ3v) is 4.68. The van der Waals surface area contributed by atoms with Crippen molar-refractivity contribution in [3.63, 3.8) is 0 Å². The van der Waals surface area contributed by atoms with Crippen LogP contribution in [0, 0.1) is 17.8 Å². The minimum absolute atomic E-state index is 0.246. The Morgan fingerprint density at radius 2 is 1.95 bits per heavy atom. The molecule has 0 spiro atoms. The zero-order chi connectivity index (χ0) is 15.5. The molecule has 2 atom stereocenters. The average Bonchev–Trinajstić information content (AvgIpc) is 2.46. The van der Waals surface area contributed by atoms with Gasteiger partial charge < -0.3 is 10.6 Å². The highest BCUT2D eigenvalue weighted by atomic mass is 16.1. The topological polar surface area (TPSA) is 41.1 Å². The van der Waals surface area contributed by atoms with E-state index < -0.39 is 0 Å². The molecular formula is C18H36N2O. The van der Waals surface area contributed by atoms with Crippen molar-refractivity contribution in [2.75, 3.05) is 19.6 Å². The van der Waals surface area contributed by atoms with Gasteiger partial charge in [0.1, 0.15) is 0 Å². The molecule has 0 aromatic heterocycles. The molecular weight excluding hydrogens is 260 g/mol. The number of amides is 1. The van der Waals surface area contributed by atoms with E-state index in [-0.39, 0.29) is 5.91 Å². The van der Waals surface area contributed by atoms with Crippen molar-refractivity contribution in [2.45, 2.75) is 72.1 Å². The first kappa shape index (κ1) is 18.5. The van der Waals surface area contributed by atoms with Crippen LogP contribution in [0.4, 0.5) is 0 Å². The van der Waals surface area contributed by atoms with Crippen molar-refractivity contribution in [3.8, 4) is 0 Å². The Labute approximate surface area is 131 Å². The number of nitrogens with one attached hydrogen (secondary N) is 2. The minimum atomic E-state index is 0.246. The smallest absolute Gasteiger partial charge is 0.220 e. The van der Waals surface area contributed by atoms with Gasteiger partial charge in [0.2, 0.25) is 5.91 Å². The zero-order valence-corrected chi connectivity index (χ0v) is 14.4. The predicted molar refractivity (Wildman–Crippen MR) is 90.3 cm³/mol. The lowest BCUT2D eigenvalue weighted by molar-refractivity contribution is -0.122. The van der Waals surface area contributed by atoms with Crippen LogP contribution >= 0.6 is 0 Å². The summed E-state index contributed by atoms with van der Waals surface area (Å²) in [5.74, 6) is 2.25. The summed E-state index contributed by atoms with van der Waals surface area (Å²) < 4.78 is 0. The number of piperidine rings is 1. The molecule has 1 saturated heterocycles. The summed E-state index contributed by atoms with van der Waals surface area (Å²) in [6, 6.07) is 0. The van der Waals surface area contributed by atoms with Gasteiger partial charge in [-0.15, -0.1) is 0 Å². The van der Waals surface area contributed by atoms with Crippen molar-refractivity contribution in [3.05, 3.63) is 0 Å². The van der Waals surface area contributed by atoms with Crippen LogP contribution in [0.2, 0.25) is 0 Å². The Balaban J connectivity index is 1.98. The molecule has 1 amide bonds. The second-order valence-electron chi connectivity index (χ2n) is 7.23. The first-order chi connectivity index (χ1) is 10.1. The van der Waals surface area contributed by atoms with E-state index >= 15 is 0 Å². The first-order valence-electron chi connectivity index (χ1n) is 9.07. The summed E-state index contributed by atoms with van der Waals surface area (Å²) in [7, 11) is 0. The molecule has 2 N–H and O–H groups in total. The molecule has 0 saturated carbocycles. The van der Waals surface area contributed by atoms with E-state index in [1.807, 2.05) is 0 Å². The van der Waals surface area contributed by atoms with Crippen LogP contribution < -0.4 is 10.6 Å². The van der Waals surface area contributed by atoms with Gasteiger partial charge in [0, 0.05) is 13.0 Å². The highest BCUT2D eigenvalue weighted by Gasteiger charge is 2.21. The summed E-state index contributed by atoms with van der Waals surface area (Å²) in [4.78, 5) is 11.9. The van der Waals surface area contributed by atoms with Gasteiger partial charge in [0.15, 0.2) is 0 Å². The van der Waals surface area contributed by atoms with Crippen molar-refractivity contribution in [1.29, 1.82) is 0 Å². The maximum Gasteiger partial charge on any atom is 0.220 e. The molecule has 21 heavy (non-hydrogen) atoms. The zero-order valence-electron chi connectivity index (χ0n) is 14.4. The second kappa shape index (κ2) is 11.1. The summed E-state index contributed by atoms with van der Waals surface area (Å²) >= 11 is 0. The van der Waals surface area contributed by atoms with Gasteiger partial charge in [0.05, 0.1) is 0 Å². The van der Waals surface area contributed by atoms with Gasteiger partial charge in [-0.1, -0.05) is 46.5 Å². The maximum atomic E-state index is 11.9. The Hall–Kier alpha value is -0.570. The molecule has 1 rings (SSSR count). The highest BCUT2D eigenvalue weighted by molar-refractivity contribution is 5.76. The monoisotopic (exact) mass is 296 g/mol.